The lowest BCUT2D eigenvalue weighted by Gasteiger charge is -2.19. The summed E-state index contributed by atoms with van der Waals surface area (Å²) in [5.74, 6) is -1.17. The molecule has 0 saturated heterocycles. The molecule has 1 amide bonds. The molecule has 0 spiro atoms. The fourth-order valence-electron chi connectivity index (χ4n) is 2.13. The number of halogens is 3. The summed E-state index contributed by atoms with van der Waals surface area (Å²) in [6, 6.07) is 2.21. The molecule has 0 unspecified atom stereocenters. The number of alkyl halides is 3. The van der Waals surface area contributed by atoms with Crippen molar-refractivity contribution in [2.24, 2.45) is 5.73 Å². The van der Waals surface area contributed by atoms with E-state index in [1.54, 1.807) is 13.8 Å². The summed E-state index contributed by atoms with van der Waals surface area (Å²) in [6.07, 6.45) is -4.18. The Morgan fingerprint density at radius 1 is 1.39 bits per heavy atom. The van der Waals surface area contributed by atoms with E-state index in [0.717, 1.165) is 6.07 Å². The van der Waals surface area contributed by atoms with Gasteiger partial charge in [0.1, 0.15) is 11.4 Å². The molecule has 0 saturated carbocycles. The van der Waals surface area contributed by atoms with Crippen LogP contribution in [0.15, 0.2) is 12.1 Å². The lowest BCUT2D eigenvalue weighted by Crippen LogP contribution is -2.26. The molecule has 0 radical (unpaired) electrons. The fraction of sp³-hybridized carbons (Fsp3) is 0.417. The molecule has 98 valence electrons. The van der Waals surface area contributed by atoms with Crippen LogP contribution >= 0.6 is 0 Å². The Hall–Kier alpha value is -1.72. The number of carbonyl (C=O) groups excluding carboxylic acids is 1. The van der Waals surface area contributed by atoms with E-state index in [-0.39, 0.29) is 5.75 Å². The van der Waals surface area contributed by atoms with Gasteiger partial charge in [-0.25, -0.2) is 0 Å². The minimum absolute atomic E-state index is 0.0395. The zero-order chi connectivity index (χ0) is 13.7. The number of fused-ring (bicyclic) bond motifs is 1. The van der Waals surface area contributed by atoms with Crippen LogP contribution in [0.25, 0.3) is 0 Å². The highest BCUT2D eigenvalue weighted by atomic mass is 19.4. The van der Waals surface area contributed by atoms with Crippen molar-refractivity contribution in [3.05, 3.63) is 28.8 Å². The van der Waals surface area contributed by atoms with Crippen molar-refractivity contribution < 1.29 is 22.7 Å². The highest BCUT2D eigenvalue weighted by Gasteiger charge is 2.41. The van der Waals surface area contributed by atoms with Crippen molar-refractivity contribution in [3.63, 3.8) is 0 Å². The molecule has 0 bridgehead atoms. The number of carbonyl (C=O) groups is 1. The van der Waals surface area contributed by atoms with Gasteiger partial charge >= 0.3 is 6.18 Å². The topological polar surface area (TPSA) is 52.3 Å². The lowest BCUT2D eigenvalue weighted by molar-refractivity contribution is -0.138. The van der Waals surface area contributed by atoms with Crippen LogP contribution in [0.1, 0.15) is 35.3 Å². The second kappa shape index (κ2) is 3.63. The van der Waals surface area contributed by atoms with Crippen LogP contribution in [-0.2, 0) is 12.6 Å². The van der Waals surface area contributed by atoms with E-state index in [1.807, 2.05) is 0 Å². The molecule has 1 aliphatic rings. The van der Waals surface area contributed by atoms with Crippen molar-refractivity contribution >= 4 is 5.91 Å². The monoisotopic (exact) mass is 259 g/mol. The number of hydrogen-bond acceptors (Lipinski definition) is 2. The van der Waals surface area contributed by atoms with Gasteiger partial charge in [-0.1, -0.05) is 6.07 Å². The van der Waals surface area contributed by atoms with E-state index >= 15 is 0 Å². The van der Waals surface area contributed by atoms with Gasteiger partial charge in [0.15, 0.2) is 0 Å². The van der Waals surface area contributed by atoms with Crippen molar-refractivity contribution in [1.82, 2.24) is 0 Å². The molecular formula is C12H12F3NO2. The molecule has 0 aromatic heterocycles. The number of nitrogens with two attached hydrogens (primary N) is 1. The zero-order valence-corrected chi connectivity index (χ0v) is 9.89. The average Bonchev–Trinajstić information content (AvgIpc) is 2.47. The number of benzene rings is 1. The predicted octanol–water partition coefficient (Wildman–Crippen LogP) is 2.52. The van der Waals surface area contributed by atoms with E-state index in [4.69, 9.17) is 10.5 Å². The van der Waals surface area contributed by atoms with Gasteiger partial charge in [0.2, 0.25) is 0 Å². The number of amides is 1. The number of primary amides is 1. The Kier molecular flexibility index (Phi) is 2.57. The molecule has 2 rings (SSSR count). The third kappa shape index (κ3) is 2.02. The molecule has 2 N–H and O–H groups in total. The van der Waals surface area contributed by atoms with Gasteiger partial charge in [0.05, 0.1) is 11.1 Å². The summed E-state index contributed by atoms with van der Waals surface area (Å²) in [5, 5.41) is 0. The van der Waals surface area contributed by atoms with Crippen LogP contribution in [0.5, 0.6) is 5.75 Å². The maximum Gasteiger partial charge on any atom is 0.417 e. The molecule has 1 aliphatic heterocycles. The Morgan fingerprint density at radius 2 is 2.00 bits per heavy atom. The van der Waals surface area contributed by atoms with Gasteiger partial charge in [-0.2, -0.15) is 13.2 Å². The summed E-state index contributed by atoms with van der Waals surface area (Å²) >= 11 is 0. The largest absolute Gasteiger partial charge is 0.486 e. The van der Waals surface area contributed by atoms with Crippen molar-refractivity contribution in [2.45, 2.75) is 32.0 Å². The third-order valence-corrected chi connectivity index (χ3v) is 2.79. The summed E-state index contributed by atoms with van der Waals surface area (Å²) in [7, 11) is 0. The van der Waals surface area contributed by atoms with Crippen LogP contribution in [0, 0.1) is 0 Å². The predicted molar refractivity (Wildman–Crippen MR) is 58.4 cm³/mol. The van der Waals surface area contributed by atoms with Crippen LogP contribution in [0.2, 0.25) is 0 Å². The Labute approximate surface area is 102 Å². The summed E-state index contributed by atoms with van der Waals surface area (Å²) in [6.45, 7) is 3.48. The third-order valence-electron chi connectivity index (χ3n) is 2.79. The molecule has 3 nitrogen and oxygen atoms in total. The molecule has 0 atom stereocenters. The maximum absolute atomic E-state index is 12.8. The van der Waals surface area contributed by atoms with Gasteiger partial charge in [-0.3, -0.25) is 4.79 Å². The highest BCUT2D eigenvalue weighted by molar-refractivity contribution is 5.98. The molecule has 1 aromatic carbocycles. The summed E-state index contributed by atoms with van der Waals surface area (Å²) in [5.41, 5.74) is 3.37. The molecule has 1 aromatic rings. The minimum Gasteiger partial charge on any atom is -0.486 e. The van der Waals surface area contributed by atoms with Crippen LogP contribution in [-0.4, -0.2) is 11.5 Å². The Balaban J connectivity index is 2.66. The van der Waals surface area contributed by atoms with Crippen molar-refractivity contribution in [2.75, 3.05) is 0 Å². The van der Waals surface area contributed by atoms with Crippen molar-refractivity contribution in [1.29, 1.82) is 0 Å². The molecule has 0 fully saturated rings. The summed E-state index contributed by atoms with van der Waals surface area (Å²) in [4.78, 5) is 11.3. The first-order chi connectivity index (χ1) is 8.12. The number of ether oxygens (including phenoxy) is 1. The van der Waals surface area contributed by atoms with Gasteiger partial charge in [0, 0.05) is 6.42 Å². The molecule has 18 heavy (non-hydrogen) atoms. The van der Waals surface area contributed by atoms with E-state index in [9.17, 15) is 18.0 Å². The SMILES string of the molecule is CC1(C)Cc2ccc(C(F)(F)F)c(C(N)=O)c2O1. The normalized spacial score (nSPS) is 17.2. The molecular weight excluding hydrogens is 247 g/mol. The fourth-order valence-corrected chi connectivity index (χ4v) is 2.13. The van der Waals surface area contributed by atoms with Crippen LogP contribution in [0.3, 0.4) is 0 Å². The van der Waals surface area contributed by atoms with Gasteiger partial charge in [-0.15, -0.1) is 0 Å². The zero-order valence-electron chi connectivity index (χ0n) is 9.89. The van der Waals surface area contributed by atoms with Gasteiger partial charge < -0.3 is 10.5 Å². The lowest BCUT2D eigenvalue weighted by atomic mass is 9.97. The first kappa shape index (κ1) is 12.7. The first-order valence-electron chi connectivity index (χ1n) is 5.34. The van der Waals surface area contributed by atoms with Gasteiger partial charge in [-0.05, 0) is 25.5 Å². The van der Waals surface area contributed by atoms with Crippen molar-refractivity contribution in [3.8, 4) is 5.75 Å². The highest BCUT2D eigenvalue weighted by Crippen LogP contribution is 2.43. The molecule has 1 heterocycles. The number of rotatable bonds is 1. The van der Waals surface area contributed by atoms with Gasteiger partial charge in [0.25, 0.3) is 5.91 Å². The minimum atomic E-state index is -4.63. The number of hydrogen-bond donors (Lipinski definition) is 1. The maximum atomic E-state index is 12.8. The van der Waals surface area contributed by atoms with Crippen LogP contribution in [0.4, 0.5) is 13.2 Å². The first-order valence-corrected chi connectivity index (χ1v) is 5.34. The second-order valence-corrected chi connectivity index (χ2v) is 4.88. The average molecular weight is 259 g/mol. The summed E-state index contributed by atoms with van der Waals surface area (Å²) < 4.78 is 43.8. The molecule has 0 aliphatic carbocycles. The Bertz CT molecular complexity index is 521. The van der Waals surface area contributed by atoms with E-state index in [0.29, 0.717) is 12.0 Å². The molecule has 6 heteroatoms. The quantitative estimate of drug-likeness (QED) is 0.842. The Morgan fingerprint density at radius 3 is 2.50 bits per heavy atom. The standard InChI is InChI=1S/C12H12F3NO2/c1-11(2)5-6-3-4-7(12(13,14)15)8(10(16)17)9(6)18-11/h3-4H,5H2,1-2H3,(H2,16,17). The van der Waals surface area contributed by atoms with Crippen LogP contribution < -0.4 is 10.5 Å². The second-order valence-electron chi connectivity index (χ2n) is 4.88. The smallest absolute Gasteiger partial charge is 0.417 e. The van der Waals surface area contributed by atoms with E-state index < -0.39 is 28.8 Å². The van der Waals surface area contributed by atoms with E-state index in [1.165, 1.54) is 6.07 Å². The van der Waals surface area contributed by atoms with E-state index in [2.05, 4.69) is 0 Å².